The van der Waals surface area contributed by atoms with Crippen LogP contribution in [0.5, 0.6) is 17.2 Å². The van der Waals surface area contributed by atoms with Crippen molar-refractivity contribution in [2.24, 2.45) is 0 Å². The van der Waals surface area contributed by atoms with Crippen LogP contribution < -0.4 is 15.2 Å². The number of halogens is 3. The molecule has 0 fully saturated rings. The van der Waals surface area contributed by atoms with E-state index in [4.69, 9.17) is 38.4 Å². The molecule has 120 valence electrons. The van der Waals surface area contributed by atoms with Crippen molar-refractivity contribution in [3.63, 3.8) is 0 Å². The molecule has 0 aromatic heterocycles. The maximum absolute atomic E-state index is 13.7. The third kappa shape index (κ3) is 5.28. The minimum absolute atomic E-state index is 0.122. The van der Waals surface area contributed by atoms with Crippen LogP contribution in [0.25, 0.3) is 0 Å². The molecule has 0 unspecified atom stereocenters. The fraction of sp³-hybridized carbons (Fsp3) is 0.250. The van der Waals surface area contributed by atoms with Crippen molar-refractivity contribution < 1.29 is 13.9 Å². The van der Waals surface area contributed by atoms with Crippen molar-refractivity contribution in [2.75, 3.05) is 18.2 Å². The van der Waals surface area contributed by atoms with Crippen LogP contribution in [0, 0.1) is 5.82 Å². The van der Waals surface area contributed by atoms with Gasteiger partial charge < -0.3 is 15.2 Å². The van der Waals surface area contributed by atoms with Gasteiger partial charge in [-0.25, -0.2) is 4.39 Å². The number of benzene rings is 2. The first-order valence-corrected chi connectivity index (χ1v) is 7.64. The van der Waals surface area contributed by atoms with Gasteiger partial charge in [0.25, 0.3) is 0 Å². The summed E-state index contributed by atoms with van der Waals surface area (Å²) in [6, 6.07) is 9.89. The predicted molar refractivity (Wildman–Crippen MR) is 89.8 cm³/mol. The zero-order valence-corrected chi connectivity index (χ0v) is 13.9. The van der Waals surface area contributed by atoms with Crippen molar-refractivity contribution >= 4 is 28.9 Å². The molecular weight excluding hydrogens is 328 g/mol. The van der Waals surface area contributed by atoms with Gasteiger partial charge in [-0.05, 0) is 36.2 Å². The average Bonchev–Trinajstić information content (AvgIpc) is 2.51. The standard InChI is InChI=1S/C15H16FNO2.CH2Cl2/c1-3-10-4-6-14(15(8-10)18-2)19-13-7-5-11(17)9-12(13)16;2-1-3/h4-9H,3,17H2,1-2H3;1H2. The summed E-state index contributed by atoms with van der Waals surface area (Å²) in [7, 11) is 1.56. The molecule has 0 radical (unpaired) electrons. The van der Waals surface area contributed by atoms with Crippen LogP contribution in [0.4, 0.5) is 10.1 Å². The Bertz CT molecular complexity index is 609. The Balaban J connectivity index is 0.000000745. The normalized spacial score (nSPS) is 9.68. The Morgan fingerprint density at radius 3 is 2.23 bits per heavy atom. The quantitative estimate of drug-likeness (QED) is 0.612. The lowest BCUT2D eigenvalue weighted by Crippen LogP contribution is -1.95. The van der Waals surface area contributed by atoms with Crippen molar-refractivity contribution in [3.05, 3.63) is 47.8 Å². The van der Waals surface area contributed by atoms with Crippen LogP contribution in [0.2, 0.25) is 0 Å². The van der Waals surface area contributed by atoms with E-state index in [0.29, 0.717) is 17.2 Å². The molecule has 0 aliphatic heterocycles. The van der Waals surface area contributed by atoms with Gasteiger partial charge in [-0.3, -0.25) is 0 Å². The summed E-state index contributed by atoms with van der Waals surface area (Å²) in [5.41, 5.74) is 6.98. The third-order valence-corrected chi connectivity index (χ3v) is 2.81. The zero-order chi connectivity index (χ0) is 16.5. The summed E-state index contributed by atoms with van der Waals surface area (Å²) in [4.78, 5) is 0. The number of nitrogen functional groups attached to an aromatic ring is 1. The molecule has 6 heteroatoms. The molecule has 0 atom stereocenters. The average molecular weight is 346 g/mol. The Hall–Kier alpha value is -1.65. The highest BCUT2D eigenvalue weighted by Crippen LogP contribution is 2.33. The summed E-state index contributed by atoms with van der Waals surface area (Å²) < 4.78 is 24.5. The van der Waals surface area contributed by atoms with Gasteiger partial charge in [0, 0.05) is 11.8 Å². The van der Waals surface area contributed by atoms with E-state index in [1.54, 1.807) is 19.2 Å². The van der Waals surface area contributed by atoms with E-state index in [1.165, 1.54) is 12.1 Å². The van der Waals surface area contributed by atoms with Gasteiger partial charge >= 0.3 is 0 Å². The molecule has 2 rings (SSSR count). The molecule has 3 nitrogen and oxygen atoms in total. The second-order valence-electron chi connectivity index (χ2n) is 4.23. The second-order valence-corrected chi connectivity index (χ2v) is 5.04. The minimum atomic E-state index is -0.498. The molecule has 2 aromatic carbocycles. The minimum Gasteiger partial charge on any atom is -0.493 e. The van der Waals surface area contributed by atoms with E-state index < -0.39 is 5.82 Å². The van der Waals surface area contributed by atoms with Gasteiger partial charge in [-0.15, -0.1) is 23.2 Å². The fourth-order valence-corrected chi connectivity index (χ4v) is 1.73. The number of rotatable bonds is 4. The number of hydrogen-bond donors (Lipinski definition) is 1. The Kier molecular flexibility index (Phi) is 7.85. The van der Waals surface area contributed by atoms with E-state index in [9.17, 15) is 4.39 Å². The van der Waals surface area contributed by atoms with Crippen LogP contribution >= 0.6 is 23.2 Å². The van der Waals surface area contributed by atoms with Crippen LogP contribution in [-0.2, 0) is 6.42 Å². The van der Waals surface area contributed by atoms with E-state index >= 15 is 0 Å². The van der Waals surface area contributed by atoms with Gasteiger partial charge in [-0.1, -0.05) is 13.0 Å². The summed E-state index contributed by atoms with van der Waals surface area (Å²) in [6.45, 7) is 2.05. The Labute approximate surface area is 139 Å². The van der Waals surface area contributed by atoms with Crippen LogP contribution in [0.15, 0.2) is 36.4 Å². The summed E-state index contributed by atoms with van der Waals surface area (Å²) in [5, 5.41) is 0.194. The van der Waals surface area contributed by atoms with Crippen molar-refractivity contribution in [1.82, 2.24) is 0 Å². The number of anilines is 1. The number of nitrogens with two attached hydrogens (primary N) is 1. The van der Waals surface area contributed by atoms with Crippen molar-refractivity contribution in [1.29, 1.82) is 0 Å². The van der Waals surface area contributed by atoms with Gasteiger partial charge in [0.15, 0.2) is 23.1 Å². The summed E-state index contributed by atoms with van der Waals surface area (Å²) in [6.07, 6.45) is 0.896. The summed E-state index contributed by atoms with van der Waals surface area (Å²) >= 11 is 9.53. The number of alkyl halides is 2. The van der Waals surface area contributed by atoms with Crippen molar-refractivity contribution in [2.45, 2.75) is 13.3 Å². The van der Waals surface area contributed by atoms with E-state index in [1.807, 2.05) is 12.1 Å². The van der Waals surface area contributed by atoms with E-state index in [0.717, 1.165) is 12.0 Å². The number of aryl methyl sites for hydroxylation is 1. The number of ether oxygens (including phenoxy) is 2. The molecule has 0 spiro atoms. The Morgan fingerprint density at radius 1 is 1.05 bits per heavy atom. The molecule has 0 bridgehead atoms. The molecule has 2 N–H and O–H groups in total. The van der Waals surface area contributed by atoms with E-state index in [-0.39, 0.29) is 11.1 Å². The highest BCUT2D eigenvalue weighted by molar-refractivity contribution is 6.40. The third-order valence-electron chi connectivity index (χ3n) is 2.81. The largest absolute Gasteiger partial charge is 0.493 e. The smallest absolute Gasteiger partial charge is 0.169 e. The first-order valence-electron chi connectivity index (χ1n) is 6.57. The molecule has 0 saturated carbocycles. The Morgan fingerprint density at radius 2 is 1.68 bits per heavy atom. The predicted octanol–water partition coefficient (Wildman–Crippen LogP) is 5.19. The lowest BCUT2D eigenvalue weighted by Gasteiger charge is -2.12. The van der Waals surface area contributed by atoms with Crippen LogP contribution in [0.1, 0.15) is 12.5 Å². The van der Waals surface area contributed by atoms with E-state index in [2.05, 4.69) is 6.92 Å². The lowest BCUT2D eigenvalue weighted by molar-refractivity contribution is 0.370. The molecule has 0 amide bonds. The zero-order valence-electron chi connectivity index (χ0n) is 12.4. The molecule has 22 heavy (non-hydrogen) atoms. The first-order chi connectivity index (χ1) is 10.5. The van der Waals surface area contributed by atoms with Gasteiger partial charge in [0.1, 0.15) is 0 Å². The molecule has 0 aliphatic carbocycles. The monoisotopic (exact) mass is 345 g/mol. The molecule has 0 aliphatic rings. The summed E-state index contributed by atoms with van der Waals surface area (Å²) in [5.74, 6) is 0.678. The van der Waals surface area contributed by atoms with Gasteiger partial charge in [-0.2, -0.15) is 0 Å². The topological polar surface area (TPSA) is 44.5 Å². The maximum atomic E-state index is 13.7. The lowest BCUT2D eigenvalue weighted by atomic mass is 10.1. The highest BCUT2D eigenvalue weighted by Gasteiger charge is 2.10. The van der Waals surface area contributed by atoms with Gasteiger partial charge in [0.2, 0.25) is 0 Å². The first kappa shape index (κ1) is 18.4. The SMILES string of the molecule is CCc1ccc(Oc2ccc(N)cc2F)c(OC)c1.ClCCl. The molecule has 0 heterocycles. The number of hydrogen-bond acceptors (Lipinski definition) is 3. The van der Waals surface area contributed by atoms with Gasteiger partial charge in [0.05, 0.1) is 12.4 Å². The molecular formula is C16H18Cl2FNO2. The number of methoxy groups -OCH3 is 1. The highest BCUT2D eigenvalue weighted by atomic mass is 35.5. The fourth-order valence-electron chi connectivity index (χ4n) is 1.73. The second kappa shape index (κ2) is 9.38. The van der Waals surface area contributed by atoms with Crippen LogP contribution in [0.3, 0.4) is 0 Å². The molecule has 0 saturated heterocycles. The maximum Gasteiger partial charge on any atom is 0.169 e. The molecule has 2 aromatic rings. The van der Waals surface area contributed by atoms with Crippen molar-refractivity contribution in [3.8, 4) is 17.2 Å². The van der Waals surface area contributed by atoms with Crippen LogP contribution in [-0.4, -0.2) is 12.4 Å².